The number of piperazine rings is 1. The first-order valence-corrected chi connectivity index (χ1v) is 13.9. The summed E-state index contributed by atoms with van der Waals surface area (Å²) in [5.41, 5.74) is 4.85. The van der Waals surface area contributed by atoms with Crippen LogP contribution in [0.2, 0.25) is 0 Å². The van der Waals surface area contributed by atoms with Crippen LogP contribution in [0, 0.1) is 6.92 Å². The van der Waals surface area contributed by atoms with Crippen LogP contribution >= 0.6 is 0 Å². The van der Waals surface area contributed by atoms with Crippen molar-refractivity contribution in [1.29, 1.82) is 0 Å². The molecule has 2 aliphatic rings. The van der Waals surface area contributed by atoms with Crippen molar-refractivity contribution in [3.05, 3.63) is 89.4 Å². The van der Waals surface area contributed by atoms with E-state index in [0.717, 1.165) is 68.8 Å². The third kappa shape index (κ3) is 5.60. The molecule has 0 bridgehead atoms. The number of hydrogen-bond acceptors (Lipinski definition) is 6. The second kappa shape index (κ2) is 11.8. The second-order valence-electron chi connectivity index (χ2n) is 9.92. The van der Waals surface area contributed by atoms with Crippen LogP contribution in [0.1, 0.15) is 36.5 Å². The molecule has 1 fully saturated rings. The highest BCUT2D eigenvalue weighted by Gasteiger charge is 2.27. The smallest absolute Gasteiger partial charge is 0.135 e. The van der Waals surface area contributed by atoms with E-state index >= 15 is 0 Å². The summed E-state index contributed by atoms with van der Waals surface area (Å²) < 4.78 is 6.26. The van der Waals surface area contributed by atoms with Crippen molar-refractivity contribution in [2.45, 2.75) is 40.3 Å². The molecule has 6 heteroatoms. The van der Waals surface area contributed by atoms with Crippen molar-refractivity contribution in [2.75, 3.05) is 49.6 Å². The van der Waals surface area contributed by atoms with E-state index in [1.807, 2.05) is 26.8 Å². The average molecular weight is 510 g/mol. The number of rotatable bonds is 5. The molecule has 0 radical (unpaired) electrons. The van der Waals surface area contributed by atoms with Crippen molar-refractivity contribution in [2.24, 2.45) is 0 Å². The first-order valence-electron chi connectivity index (χ1n) is 13.9. The molecule has 3 heterocycles. The minimum absolute atomic E-state index is 0.558. The largest absolute Gasteiger partial charge is 0.489 e. The Bertz CT molecular complexity index is 1370. The lowest BCUT2D eigenvalue weighted by molar-refractivity contribution is 0.306. The van der Waals surface area contributed by atoms with Crippen LogP contribution in [-0.4, -0.2) is 54.6 Å². The zero-order valence-corrected chi connectivity index (χ0v) is 23.2. The molecule has 38 heavy (non-hydrogen) atoms. The normalized spacial score (nSPS) is 15.6. The van der Waals surface area contributed by atoms with E-state index in [-0.39, 0.29) is 0 Å². The van der Waals surface area contributed by atoms with Crippen molar-refractivity contribution in [3.63, 3.8) is 0 Å². The summed E-state index contributed by atoms with van der Waals surface area (Å²) in [5, 5.41) is 2.44. The van der Waals surface area contributed by atoms with Gasteiger partial charge in [-0.3, -0.25) is 0 Å². The molecule has 0 unspecified atom stereocenters. The summed E-state index contributed by atoms with van der Waals surface area (Å²) in [6, 6.07) is 23.3. The number of aryl methyl sites for hydroxylation is 1. The SMILES string of the molecule is CC.Cc1nc2c(c(N3CCN(C)CC3)n1)CCN(c1cc(OCc3ccccc3)cc3ccccc13)C2. The van der Waals surface area contributed by atoms with Crippen LogP contribution in [0.15, 0.2) is 66.7 Å². The van der Waals surface area contributed by atoms with Gasteiger partial charge in [-0.15, -0.1) is 0 Å². The van der Waals surface area contributed by atoms with Crippen LogP contribution in [0.25, 0.3) is 10.8 Å². The van der Waals surface area contributed by atoms with E-state index in [0.29, 0.717) is 6.61 Å². The molecular formula is C32H39N5O. The fraction of sp³-hybridized carbons (Fsp3) is 0.375. The van der Waals surface area contributed by atoms with E-state index in [9.17, 15) is 0 Å². The van der Waals surface area contributed by atoms with Gasteiger partial charge in [0.2, 0.25) is 0 Å². The highest BCUT2D eigenvalue weighted by molar-refractivity contribution is 5.95. The van der Waals surface area contributed by atoms with Crippen LogP contribution in [-0.2, 0) is 19.6 Å². The van der Waals surface area contributed by atoms with E-state index in [4.69, 9.17) is 14.7 Å². The molecule has 4 aromatic rings. The molecule has 198 valence electrons. The number of ether oxygens (including phenoxy) is 1. The minimum atomic E-state index is 0.558. The van der Waals surface area contributed by atoms with E-state index in [2.05, 4.69) is 82.4 Å². The molecule has 0 N–H and O–H groups in total. The Labute approximate surface area is 226 Å². The highest BCUT2D eigenvalue weighted by atomic mass is 16.5. The summed E-state index contributed by atoms with van der Waals surface area (Å²) in [7, 11) is 2.19. The second-order valence-corrected chi connectivity index (χ2v) is 9.92. The van der Waals surface area contributed by atoms with Gasteiger partial charge in [0, 0.05) is 55.4 Å². The van der Waals surface area contributed by atoms with Crippen LogP contribution in [0.3, 0.4) is 0 Å². The molecule has 3 aromatic carbocycles. The van der Waals surface area contributed by atoms with Crippen LogP contribution in [0.5, 0.6) is 5.75 Å². The number of aromatic nitrogens is 2. The number of nitrogens with zero attached hydrogens (tertiary/aromatic N) is 5. The van der Waals surface area contributed by atoms with E-state index in [1.54, 1.807) is 0 Å². The van der Waals surface area contributed by atoms with Crippen molar-refractivity contribution in [3.8, 4) is 5.75 Å². The summed E-state index contributed by atoms with van der Waals surface area (Å²) in [5.74, 6) is 2.90. The van der Waals surface area contributed by atoms with E-state index in [1.165, 1.54) is 27.6 Å². The third-order valence-corrected chi connectivity index (χ3v) is 7.36. The first kappa shape index (κ1) is 26.0. The van der Waals surface area contributed by atoms with Gasteiger partial charge in [-0.2, -0.15) is 0 Å². The van der Waals surface area contributed by atoms with Crippen molar-refractivity contribution < 1.29 is 4.74 Å². The predicted molar refractivity (Wildman–Crippen MR) is 157 cm³/mol. The number of fused-ring (bicyclic) bond motifs is 2. The number of hydrogen-bond donors (Lipinski definition) is 0. The quantitative estimate of drug-likeness (QED) is 0.336. The van der Waals surface area contributed by atoms with E-state index < -0.39 is 0 Å². The molecule has 6 rings (SSSR count). The Morgan fingerprint density at radius 2 is 1.55 bits per heavy atom. The molecule has 6 nitrogen and oxygen atoms in total. The monoisotopic (exact) mass is 509 g/mol. The number of likely N-dealkylation sites (N-methyl/N-ethyl adjacent to an activating group) is 1. The molecule has 1 saturated heterocycles. The maximum atomic E-state index is 6.26. The van der Waals surface area contributed by atoms with Gasteiger partial charge >= 0.3 is 0 Å². The molecule has 0 atom stereocenters. The van der Waals surface area contributed by atoms with Gasteiger partial charge in [0.25, 0.3) is 0 Å². The topological polar surface area (TPSA) is 44.7 Å². The Kier molecular flexibility index (Phi) is 8.08. The Morgan fingerprint density at radius 1 is 0.816 bits per heavy atom. The Balaban J connectivity index is 0.00000144. The van der Waals surface area contributed by atoms with Gasteiger partial charge in [-0.05, 0) is 37.4 Å². The maximum absolute atomic E-state index is 6.26. The third-order valence-electron chi connectivity index (χ3n) is 7.36. The van der Waals surface area contributed by atoms with Gasteiger partial charge in [0.15, 0.2) is 0 Å². The standard InChI is InChI=1S/C30H33N5O.C2H6/c1-22-31-28-20-35(13-12-27(28)30(32-22)34-16-14-33(2)15-17-34)29-19-25(18-24-10-6-7-11-26(24)29)36-21-23-8-4-3-5-9-23;1-2/h3-11,18-19H,12-17,20-21H2,1-2H3;1-2H3. The lowest BCUT2D eigenvalue weighted by atomic mass is 10.0. The minimum Gasteiger partial charge on any atom is -0.489 e. The molecule has 0 aliphatic carbocycles. The lowest BCUT2D eigenvalue weighted by Gasteiger charge is -2.37. The Hall–Kier alpha value is -3.64. The zero-order valence-electron chi connectivity index (χ0n) is 23.2. The molecule has 0 amide bonds. The lowest BCUT2D eigenvalue weighted by Crippen LogP contribution is -2.46. The molecule has 0 saturated carbocycles. The number of anilines is 2. The maximum Gasteiger partial charge on any atom is 0.135 e. The summed E-state index contributed by atoms with van der Waals surface area (Å²) in [6.45, 7) is 12.5. The average Bonchev–Trinajstić information content (AvgIpc) is 2.97. The Morgan fingerprint density at radius 3 is 2.34 bits per heavy atom. The first-order chi connectivity index (χ1) is 18.6. The summed E-state index contributed by atoms with van der Waals surface area (Å²) in [6.07, 6.45) is 0.945. The van der Waals surface area contributed by atoms with Crippen LogP contribution in [0.4, 0.5) is 11.5 Å². The summed E-state index contributed by atoms with van der Waals surface area (Å²) >= 11 is 0. The predicted octanol–water partition coefficient (Wildman–Crippen LogP) is 5.86. The molecule has 2 aliphatic heterocycles. The highest BCUT2D eigenvalue weighted by Crippen LogP contribution is 2.36. The van der Waals surface area contributed by atoms with Crippen LogP contribution < -0.4 is 14.5 Å². The summed E-state index contributed by atoms with van der Waals surface area (Å²) in [4.78, 5) is 17.1. The van der Waals surface area contributed by atoms with Gasteiger partial charge in [-0.1, -0.05) is 68.4 Å². The molecular weight excluding hydrogens is 470 g/mol. The van der Waals surface area contributed by atoms with Crippen molar-refractivity contribution in [1.82, 2.24) is 14.9 Å². The molecule has 0 spiro atoms. The van der Waals surface area contributed by atoms with Crippen molar-refractivity contribution >= 4 is 22.3 Å². The fourth-order valence-corrected chi connectivity index (χ4v) is 5.37. The molecule has 1 aromatic heterocycles. The van der Waals surface area contributed by atoms with Gasteiger partial charge in [0.1, 0.15) is 24.0 Å². The zero-order chi connectivity index (χ0) is 26.5. The van der Waals surface area contributed by atoms with Gasteiger partial charge in [-0.25, -0.2) is 9.97 Å². The van der Waals surface area contributed by atoms with Gasteiger partial charge < -0.3 is 19.4 Å². The fourth-order valence-electron chi connectivity index (χ4n) is 5.37. The number of benzene rings is 3. The van der Waals surface area contributed by atoms with Gasteiger partial charge in [0.05, 0.1) is 12.2 Å².